The normalized spacial score (nSPS) is 10.6. The molecule has 0 fully saturated rings. The van der Waals surface area contributed by atoms with Crippen LogP contribution < -0.4 is 5.73 Å². The molecule has 0 atom stereocenters. The maximum absolute atomic E-state index is 5.50. The number of rotatable bonds is 6. The molecule has 0 aromatic heterocycles. The van der Waals surface area contributed by atoms with Crippen molar-refractivity contribution in [2.45, 2.75) is 46.0 Å². The first-order valence-corrected chi connectivity index (χ1v) is 6.12. The summed E-state index contributed by atoms with van der Waals surface area (Å²) < 4.78 is 0. The number of hydrogen-bond acceptors (Lipinski definition) is 1. The highest BCUT2D eigenvalue weighted by Crippen LogP contribution is 2.14. The van der Waals surface area contributed by atoms with Crippen LogP contribution in [0.15, 0.2) is 18.2 Å². The summed E-state index contributed by atoms with van der Waals surface area (Å²) in [5, 5.41) is 0. The van der Waals surface area contributed by atoms with Crippen LogP contribution in [-0.4, -0.2) is 6.54 Å². The van der Waals surface area contributed by atoms with E-state index < -0.39 is 0 Å². The van der Waals surface area contributed by atoms with Crippen LogP contribution >= 0.6 is 0 Å². The SMILES string of the molecule is CCc1cc(CC)cc(CCCCN)c1. The minimum Gasteiger partial charge on any atom is -0.330 e. The van der Waals surface area contributed by atoms with Gasteiger partial charge >= 0.3 is 0 Å². The monoisotopic (exact) mass is 205 g/mol. The van der Waals surface area contributed by atoms with E-state index in [0.29, 0.717) is 0 Å². The summed E-state index contributed by atoms with van der Waals surface area (Å²) in [7, 11) is 0. The molecule has 0 spiro atoms. The lowest BCUT2D eigenvalue weighted by atomic mass is 9.99. The molecule has 0 saturated carbocycles. The van der Waals surface area contributed by atoms with Crippen molar-refractivity contribution in [2.24, 2.45) is 5.73 Å². The Bertz CT molecular complexity index is 269. The van der Waals surface area contributed by atoms with E-state index in [9.17, 15) is 0 Å². The van der Waals surface area contributed by atoms with E-state index in [0.717, 1.165) is 25.8 Å². The van der Waals surface area contributed by atoms with Crippen molar-refractivity contribution in [1.82, 2.24) is 0 Å². The summed E-state index contributed by atoms with van der Waals surface area (Å²) in [6.45, 7) is 5.25. The minimum atomic E-state index is 0.814. The maximum Gasteiger partial charge on any atom is -0.00772 e. The van der Waals surface area contributed by atoms with E-state index >= 15 is 0 Å². The van der Waals surface area contributed by atoms with E-state index in [-0.39, 0.29) is 0 Å². The molecule has 2 N–H and O–H groups in total. The molecule has 0 saturated heterocycles. The van der Waals surface area contributed by atoms with Gasteiger partial charge in [-0.1, -0.05) is 32.0 Å². The van der Waals surface area contributed by atoms with Gasteiger partial charge < -0.3 is 5.73 Å². The van der Waals surface area contributed by atoms with Crippen LogP contribution in [0.2, 0.25) is 0 Å². The molecule has 1 nitrogen and oxygen atoms in total. The molecule has 0 aliphatic rings. The molecule has 1 heteroatoms. The van der Waals surface area contributed by atoms with Gasteiger partial charge in [-0.2, -0.15) is 0 Å². The second-order valence-electron chi connectivity index (χ2n) is 4.11. The molecule has 0 radical (unpaired) electrons. The molecule has 0 aliphatic carbocycles. The fourth-order valence-corrected chi connectivity index (χ4v) is 1.87. The molecular weight excluding hydrogens is 182 g/mol. The van der Waals surface area contributed by atoms with Crippen LogP contribution in [0, 0.1) is 0 Å². The van der Waals surface area contributed by atoms with Crippen molar-refractivity contribution in [3.8, 4) is 0 Å². The fraction of sp³-hybridized carbons (Fsp3) is 0.571. The van der Waals surface area contributed by atoms with Gasteiger partial charge in [0.1, 0.15) is 0 Å². The molecule has 0 heterocycles. The van der Waals surface area contributed by atoms with Gasteiger partial charge in [0, 0.05) is 0 Å². The third-order valence-corrected chi connectivity index (χ3v) is 2.85. The Balaban J connectivity index is 2.68. The molecule has 84 valence electrons. The van der Waals surface area contributed by atoms with Gasteiger partial charge in [0.05, 0.1) is 0 Å². The van der Waals surface area contributed by atoms with Gasteiger partial charge in [-0.05, 0) is 55.3 Å². The molecule has 0 bridgehead atoms. The fourth-order valence-electron chi connectivity index (χ4n) is 1.87. The molecule has 15 heavy (non-hydrogen) atoms. The number of aryl methyl sites for hydroxylation is 3. The Morgan fingerprint density at radius 2 is 1.40 bits per heavy atom. The van der Waals surface area contributed by atoms with E-state index in [2.05, 4.69) is 32.0 Å². The van der Waals surface area contributed by atoms with Crippen molar-refractivity contribution < 1.29 is 0 Å². The highest BCUT2D eigenvalue weighted by molar-refractivity contribution is 5.30. The summed E-state index contributed by atoms with van der Waals surface area (Å²) >= 11 is 0. The molecule has 0 unspecified atom stereocenters. The summed E-state index contributed by atoms with van der Waals surface area (Å²) in [6, 6.07) is 7.01. The molecule has 1 aromatic carbocycles. The first-order valence-electron chi connectivity index (χ1n) is 6.12. The van der Waals surface area contributed by atoms with E-state index in [1.54, 1.807) is 0 Å². The lowest BCUT2D eigenvalue weighted by Gasteiger charge is -2.07. The molecule has 0 amide bonds. The minimum absolute atomic E-state index is 0.814. The Kier molecular flexibility index (Phi) is 5.41. The van der Waals surface area contributed by atoms with Crippen molar-refractivity contribution in [3.05, 3.63) is 34.9 Å². The van der Waals surface area contributed by atoms with Crippen LogP contribution in [0.5, 0.6) is 0 Å². The first-order chi connectivity index (χ1) is 7.30. The zero-order valence-electron chi connectivity index (χ0n) is 10.1. The van der Waals surface area contributed by atoms with Crippen molar-refractivity contribution in [2.75, 3.05) is 6.54 Å². The lowest BCUT2D eigenvalue weighted by molar-refractivity contribution is 0.743. The van der Waals surface area contributed by atoms with Crippen LogP contribution in [0.4, 0.5) is 0 Å². The third kappa shape index (κ3) is 4.05. The van der Waals surface area contributed by atoms with Gasteiger partial charge in [-0.25, -0.2) is 0 Å². The first kappa shape index (κ1) is 12.3. The summed E-state index contributed by atoms with van der Waals surface area (Å²) in [5.74, 6) is 0. The van der Waals surface area contributed by atoms with Crippen molar-refractivity contribution >= 4 is 0 Å². The second-order valence-corrected chi connectivity index (χ2v) is 4.11. The van der Waals surface area contributed by atoms with Crippen LogP contribution in [0.1, 0.15) is 43.4 Å². The summed E-state index contributed by atoms with van der Waals surface area (Å²) in [6.07, 6.45) is 5.80. The maximum atomic E-state index is 5.50. The zero-order valence-corrected chi connectivity index (χ0v) is 10.1. The van der Waals surface area contributed by atoms with Gasteiger partial charge in [-0.15, -0.1) is 0 Å². The van der Waals surface area contributed by atoms with E-state index in [1.165, 1.54) is 29.5 Å². The Morgan fingerprint density at radius 3 is 1.87 bits per heavy atom. The number of benzene rings is 1. The highest BCUT2D eigenvalue weighted by atomic mass is 14.5. The quantitative estimate of drug-likeness (QED) is 0.710. The Labute approximate surface area is 93.7 Å². The standard InChI is InChI=1S/C14H23N/c1-3-12-9-13(4-2)11-14(10-12)7-5-6-8-15/h9-11H,3-8,15H2,1-2H3. The average molecular weight is 205 g/mol. The predicted molar refractivity (Wildman–Crippen MR) is 67.2 cm³/mol. The molecular formula is C14H23N. The topological polar surface area (TPSA) is 26.0 Å². The molecule has 1 aromatic rings. The zero-order chi connectivity index (χ0) is 11.1. The lowest BCUT2D eigenvalue weighted by Crippen LogP contribution is -1.99. The van der Waals surface area contributed by atoms with E-state index in [4.69, 9.17) is 5.73 Å². The van der Waals surface area contributed by atoms with Crippen molar-refractivity contribution in [3.63, 3.8) is 0 Å². The van der Waals surface area contributed by atoms with Crippen LogP contribution in [-0.2, 0) is 19.3 Å². The number of unbranched alkanes of at least 4 members (excludes halogenated alkanes) is 1. The smallest absolute Gasteiger partial charge is 0.00772 e. The highest BCUT2D eigenvalue weighted by Gasteiger charge is 1.99. The summed E-state index contributed by atoms with van der Waals surface area (Å²) in [4.78, 5) is 0. The molecule has 1 rings (SSSR count). The number of nitrogens with two attached hydrogens (primary N) is 1. The number of hydrogen-bond donors (Lipinski definition) is 1. The van der Waals surface area contributed by atoms with Crippen molar-refractivity contribution in [1.29, 1.82) is 0 Å². The van der Waals surface area contributed by atoms with Gasteiger partial charge in [-0.3, -0.25) is 0 Å². The average Bonchev–Trinajstić information content (AvgIpc) is 2.29. The van der Waals surface area contributed by atoms with Crippen LogP contribution in [0.3, 0.4) is 0 Å². The van der Waals surface area contributed by atoms with Gasteiger partial charge in [0.15, 0.2) is 0 Å². The third-order valence-electron chi connectivity index (χ3n) is 2.85. The molecule has 0 aliphatic heterocycles. The van der Waals surface area contributed by atoms with Gasteiger partial charge in [0.2, 0.25) is 0 Å². The predicted octanol–water partition coefficient (Wildman–Crippen LogP) is 3.09. The van der Waals surface area contributed by atoms with E-state index in [1.807, 2.05) is 0 Å². The Morgan fingerprint density at radius 1 is 0.867 bits per heavy atom. The van der Waals surface area contributed by atoms with Crippen LogP contribution in [0.25, 0.3) is 0 Å². The second kappa shape index (κ2) is 6.62. The Hall–Kier alpha value is -0.820. The summed E-state index contributed by atoms with van der Waals surface area (Å²) in [5.41, 5.74) is 9.93. The largest absolute Gasteiger partial charge is 0.330 e. The van der Waals surface area contributed by atoms with Gasteiger partial charge in [0.25, 0.3) is 0 Å².